The second-order valence-electron chi connectivity index (χ2n) is 6.97. The van der Waals surface area contributed by atoms with Gasteiger partial charge in [-0.1, -0.05) is 11.6 Å². The molecule has 15 heteroatoms. The molecule has 1 aromatic carbocycles. The Morgan fingerprint density at radius 3 is 2.56 bits per heavy atom. The molecule has 0 aliphatic heterocycles. The van der Waals surface area contributed by atoms with Crippen molar-refractivity contribution in [3.63, 3.8) is 0 Å². The summed E-state index contributed by atoms with van der Waals surface area (Å²) in [5.41, 5.74) is 5.93. The van der Waals surface area contributed by atoms with Crippen molar-refractivity contribution in [1.29, 1.82) is 0 Å². The number of halogens is 5. The number of nitrogens with one attached hydrogen (secondary N) is 1. The van der Waals surface area contributed by atoms with Crippen molar-refractivity contribution < 1.29 is 22.8 Å². The van der Waals surface area contributed by atoms with Crippen LogP contribution >= 0.6 is 27.5 Å². The molecule has 2 amide bonds. The summed E-state index contributed by atoms with van der Waals surface area (Å²) in [7, 11) is 0. The van der Waals surface area contributed by atoms with Gasteiger partial charge < -0.3 is 11.1 Å². The molecule has 1 aliphatic rings. The van der Waals surface area contributed by atoms with Crippen molar-refractivity contribution in [3.8, 4) is 0 Å². The van der Waals surface area contributed by atoms with Crippen LogP contribution in [-0.4, -0.2) is 41.8 Å². The number of alkyl halides is 3. The number of anilines is 1. The number of hydrogen-bond acceptors (Lipinski definition) is 6. The summed E-state index contributed by atoms with van der Waals surface area (Å²) in [6.07, 6.45) is -3.14. The number of primary amides is 1. The molecule has 2 aromatic heterocycles. The van der Waals surface area contributed by atoms with Crippen molar-refractivity contribution in [2.75, 3.05) is 5.32 Å². The molecule has 2 heterocycles. The van der Waals surface area contributed by atoms with Gasteiger partial charge in [0, 0.05) is 9.50 Å². The Hall–Kier alpha value is -3.00. The van der Waals surface area contributed by atoms with Crippen molar-refractivity contribution >= 4 is 45.0 Å². The fourth-order valence-electron chi connectivity index (χ4n) is 2.93. The Labute approximate surface area is 191 Å². The second kappa shape index (κ2) is 8.16. The molecule has 1 saturated carbocycles. The number of tetrazole rings is 1. The number of nitrogens with zero attached hydrogens (tertiary/aromatic N) is 6. The molecule has 1 aliphatic carbocycles. The minimum atomic E-state index is -4.72. The lowest BCUT2D eigenvalue weighted by atomic mass is 10.1. The summed E-state index contributed by atoms with van der Waals surface area (Å²) < 4.78 is 39.9. The van der Waals surface area contributed by atoms with Crippen LogP contribution in [0.25, 0.3) is 0 Å². The van der Waals surface area contributed by atoms with Gasteiger partial charge in [-0.25, -0.2) is 0 Å². The smallest absolute Gasteiger partial charge is 0.366 e. The van der Waals surface area contributed by atoms with E-state index in [0.717, 1.165) is 17.6 Å². The Morgan fingerprint density at radius 2 is 1.97 bits per heavy atom. The summed E-state index contributed by atoms with van der Waals surface area (Å²) in [6.45, 7) is -0.222. The monoisotopic (exact) mass is 532 g/mol. The van der Waals surface area contributed by atoms with E-state index >= 15 is 0 Å². The van der Waals surface area contributed by atoms with Crippen LogP contribution in [0.2, 0.25) is 5.02 Å². The van der Waals surface area contributed by atoms with Gasteiger partial charge in [0.15, 0.2) is 0 Å². The van der Waals surface area contributed by atoms with E-state index in [2.05, 4.69) is 41.8 Å². The molecule has 1 fully saturated rings. The lowest BCUT2D eigenvalue weighted by molar-refractivity contribution is -0.145. The van der Waals surface area contributed by atoms with Gasteiger partial charge in [-0.3, -0.25) is 14.3 Å². The molecule has 0 atom stereocenters. The third-order valence-electron chi connectivity index (χ3n) is 4.48. The molecule has 0 bridgehead atoms. The first-order valence-electron chi connectivity index (χ1n) is 9.06. The van der Waals surface area contributed by atoms with Gasteiger partial charge in [0.05, 0.1) is 23.0 Å². The average Bonchev–Trinajstić information content (AvgIpc) is 3.27. The summed E-state index contributed by atoms with van der Waals surface area (Å²) in [6, 6.07) is 4.20. The zero-order chi connectivity index (χ0) is 23.2. The van der Waals surface area contributed by atoms with Crippen LogP contribution in [0.5, 0.6) is 0 Å². The number of carbonyl (C=O) groups is 2. The summed E-state index contributed by atoms with van der Waals surface area (Å²) in [5.74, 6) is -2.76. The highest BCUT2D eigenvalue weighted by Crippen LogP contribution is 2.36. The van der Waals surface area contributed by atoms with Crippen LogP contribution in [0, 0.1) is 0 Å². The van der Waals surface area contributed by atoms with Crippen molar-refractivity contribution in [2.24, 2.45) is 5.73 Å². The molecular weight excluding hydrogens is 521 g/mol. The maximum absolute atomic E-state index is 13.0. The molecule has 0 unspecified atom stereocenters. The number of amides is 2. The van der Waals surface area contributed by atoms with Crippen molar-refractivity contribution in [3.05, 3.63) is 50.5 Å². The number of rotatable bonds is 6. The third-order valence-corrected chi connectivity index (χ3v) is 5.32. The van der Waals surface area contributed by atoms with E-state index in [1.165, 1.54) is 22.9 Å². The van der Waals surface area contributed by atoms with Crippen LogP contribution in [0.15, 0.2) is 22.7 Å². The Balaban J connectivity index is 1.62. The SMILES string of the molecule is NC(=O)c1cc(Cl)cc(Br)c1NC(=O)c1cc(Cn2nnc(C(F)(F)F)n2)nn1C1CC1. The molecule has 168 valence electrons. The maximum atomic E-state index is 13.0. The molecule has 10 nitrogen and oxygen atoms in total. The summed E-state index contributed by atoms with van der Waals surface area (Å²) >= 11 is 9.20. The Kier molecular flexibility index (Phi) is 5.67. The highest BCUT2D eigenvalue weighted by molar-refractivity contribution is 9.10. The van der Waals surface area contributed by atoms with E-state index < -0.39 is 23.8 Å². The predicted octanol–water partition coefficient (Wildman–Crippen LogP) is 3.04. The van der Waals surface area contributed by atoms with E-state index in [9.17, 15) is 22.8 Å². The number of carbonyl (C=O) groups excluding carboxylic acids is 2. The third kappa shape index (κ3) is 4.60. The molecule has 3 aromatic rings. The Morgan fingerprint density at radius 1 is 1.25 bits per heavy atom. The average molecular weight is 534 g/mol. The molecule has 32 heavy (non-hydrogen) atoms. The van der Waals surface area contributed by atoms with Gasteiger partial charge in [-0.05, 0) is 52.2 Å². The van der Waals surface area contributed by atoms with E-state index in [1.54, 1.807) is 0 Å². The quantitative estimate of drug-likeness (QED) is 0.500. The molecule has 4 rings (SSSR count). The minimum absolute atomic E-state index is 0.00179. The van der Waals surface area contributed by atoms with Crippen molar-refractivity contribution in [1.82, 2.24) is 30.0 Å². The fraction of sp³-hybridized carbons (Fsp3) is 0.294. The number of aromatic nitrogens is 6. The van der Waals surface area contributed by atoms with E-state index in [-0.39, 0.29) is 40.2 Å². The number of hydrogen-bond donors (Lipinski definition) is 2. The van der Waals surface area contributed by atoms with Crippen LogP contribution in [-0.2, 0) is 12.7 Å². The van der Waals surface area contributed by atoms with Crippen LogP contribution < -0.4 is 11.1 Å². The zero-order valence-corrected chi connectivity index (χ0v) is 18.2. The normalized spacial score (nSPS) is 13.9. The van der Waals surface area contributed by atoms with Gasteiger partial charge in [-0.15, -0.1) is 10.2 Å². The van der Waals surface area contributed by atoms with Gasteiger partial charge in [0.2, 0.25) is 0 Å². The van der Waals surface area contributed by atoms with Crippen LogP contribution in [0.3, 0.4) is 0 Å². The highest BCUT2D eigenvalue weighted by Gasteiger charge is 2.37. The van der Waals surface area contributed by atoms with Gasteiger partial charge >= 0.3 is 6.18 Å². The fourth-order valence-corrected chi connectivity index (χ4v) is 3.84. The standard InChI is InChI=1S/C17H13BrClF3N8O2/c18-11-4-7(19)3-10(14(23)31)13(11)24-15(32)12-5-8(26-30(12)9-1-2-9)6-29-27-16(25-28-29)17(20,21)22/h3-5,9H,1-2,6H2,(H2,23,31)(H,24,32). The number of benzene rings is 1. The topological polar surface area (TPSA) is 134 Å². The van der Waals surface area contributed by atoms with E-state index in [1.807, 2.05) is 0 Å². The first kappa shape index (κ1) is 22.2. The lowest BCUT2D eigenvalue weighted by Crippen LogP contribution is -2.21. The van der Waals surface area contributed by atoms with E-state index in [0.29, 0.717) is 4.47 Å². The lowest BCUT2D eigenvalue weighted by Gasteiger charge is -2.12. The van der Waals surface area contributed by atoms with E-state index in [4.69, 9.17) is 17.3 Å². The summed E-state index contributed by atoms with van der Waals surface area (Å²) in [4.78, 5) is 25.5. The predicted molar refractivity (Wildman–Crippen MR) is 108 cm³/mol. The zero-order valence-electron chi connectivity index (χ0n) is 15.9. The van der Waals surface area contributed by atoms with Crippen molar-refractivity contribution in [2.45, 2.75) is 31.6 Å². The minimum Gasteiger partial charge on any atom is -0.366 e. The van der Waals surface area contributed by atoms with Gasteiger partial charge in [0.25, 0.3) is 17.6 Å². The Bertz CT molecular complexity index is 1220. The van der Waals surface area contributed by atoms with Gasteiger partial charge in [-0.2, -0.15) is 23.1 Å². The summed E-state index contributed by atoms with van der Waals surface area (Å²) in [5, 5.41) is 16.8. The van der Waals surface area contributed by atoms with Crippen LogP contribution in [0.1, 0.15) is 51.2 Å². The maximum Gasteiger partial charge on any atom is 0.455 e. The largest absolute Gasteiger partial charge is 0.455 e. The van der Waals surface area contributed by atoms with Gasteiger partial charge in [0.1, 0.15) is 12.2 Å². The molecular formula is C17H13BrClF3N8O2. The molecule has 3 N–H and O–H groups in total. The van der Waals surface area contributed by atoms with Crippen LogP contribution in [0.4, 0.5) is 18.9 Å². The number of nitrogens with two attached hydrogens (primary N) is 1. The second-order valence-corrected chi connectivity index (χ2v) is 8.26. The highest BCUT2D eigenvalue weighted by atomic mass is 79.9. The first-order valence-corrected chi connectivity index (χ1v) is 10.2. The first-order chi connectivity index (χ1) is 15.0. The molecule has 0 saturated heterocycles. The molecule has 0 spiro atoms. The molecule has 0 radical (unpaired) electrons.